The monoisotopic (exact) mass is 275 g/mol. The zero-order valence-electron chi connectivity index (χ0n) is 10.5. The standard InChI is InChI=1S/C15H14ClNO2/c1-10-6-7-11(8-14(10)18)15(19)17-13-5-3-2-4-12(13)9-16/h2-8,18H,9H2,1H3,(H,17,19). The number of anilines is 1. The van der Waals surface area contributed by atoms with E-state index in [-0.39, 0.29) is 11.7 Å². The van der Waals surface area contributed by atoms with Crippen LogP contribution in [0.5, 0.6) is 5.75 Å². The first-order valence-corrected chi connectivity index (χ1v) is 6.40. The van der Waals surface area contributed by atoms with Crippen molar-refractivity contribution in [2.75, 3.05) is 5.32 Å². The molecule has 0 bridgehead atoms. The summed E-state index contributed by atoms with van der Waals surface area (Å²) >= 11 is 5.82. The highest BCUT2D eigenvalue weighted by Crippen LogP contribution is 2.21. The lowest BCUT2D eigenvalue weighted by atomic mass is 10.1. The summed E-state index contributed by atoms with van der Waals surface area (Å²) in [6.45, 7) is 1.78. The Labute approximate surface area is 116 Å². The van der Waals surface area contributed by atoms with E-state index in [2.05, 4.69) is 5.32 Å². The predicted molar refractivity (Wildman–Crippen MR) is 76.8 cm³/mol. The van der Waals surface area contributed by atoms with Crippen molar-refractivity contribution in [3.8, 4) is 5.75 Å². The smallest absolute Gasteiger partial charge is 0.255 e. The Morgan fingerprint density at radius 3 is 2.68 bits per heavy atom. The summed E-state index contributed by atoms with van der Waals surface area (Å²) < 4.78 is 0. The summed E-state index contributed by atoms with van der Waals surface area (Å²) in [5, 5.41) is 12.4. The molecule has 2 aromatic rings. The number of rotatable bonds is 3. The molecule has 2 aromatic carbocycles. The molecule has 0 saturated carbocycles. The average molecular weight is 276 g/mol. The van der Waals surface area contributed by atoms with Gasteiger partial charge in [-0.2, -0.15) is 0 Å². The Morgan fingerprint density at radius 1 is 1.26 bits per heavy atom. The minimum absolute atomic E-state index is 0.110. The van der Waals surface area contributed by atoms with Gasteiger partial charge in [0.15, 0.2) is 0 Å². The van der Waals surface area contributed by atoms with E-state index in [1.807, 2.05) is 18.2 Å². The molecule has 1 amide bonds. The molecule has 0 heterocycles. The minimum atomic E-state index is -0.270. The Bertz CT molecular complexity index is 611. The number of amides is 1. The van der Waals surface area contributed by atoms with Crippen LogP contribution in [0.2, 0.25) is 0 Å². The molecule has 19 heavy (non-hydrogen) atoms. The van der Waals surface area contributed by atoms with Gasteiger partial charge in [0.1, 0.15) is 5.75 Å². The lowest BCUT2D eigenvalue weighted by Gasteiger charge is -2.09. The minimum Gasteiger partial charge on any atom is -0.508 e. The maximum Gasteiger partial charge on any atom is 0.255 e. The first-order valence-electron chi connectivity index (χ1n) is 5.86. The van der Waals surface area contributed by atoms with Crippen molar-refractivity contribution in [2.24, 2.45) is 0 Å². The summed E-state index contributed by atoms with van der Waals surface area (Å²) in [7, 11) is 0. The average Bonchev–Trinajstić information content (AvgIpc) is 2.42. The number of hydrogen-bond donors (Lipinski definition) is 2. The summed E-state index contributed by atoms with van der Waals surface area (Å²) in [6.07, 6.45) is 0. The van der Waals surface area contributed by atoms with E-state index in [4.69, 9.17) is 11.6 Å². The van der Waals surface area contributed by atoms with E-state index >= 15 is 0 Å². The Hall–Kier alpha value is -2.00. The number of carbonyl (C=O) groups is 1. The number of phenols is 1. The van der Waals surface area contributed by atoms with Gasteiger partial charge < -0.3 is 10.4 Å². The van der Waals surface area contributed by atoms with Crippen LogP contribution in [0.1, 0.15) is 21.5 Å². The third-order valence-electron chi connectivity index (χ3n) is 2.88. The van der Waals surface area contributed by atoms with Crippen molar-refractivity contribution in [1.29, 1.82) is 0 Å². The Morgan fingerprint density at radius 2 is 2.00 bits per heavy atom. The maximum absolute atomic E-state index is 12.1. The third-order valence-corrected chi connectivity index (χ3v) is 3.17. The molecule has 0 aliphatic carbocycles. The zero-order chi connectivity index (χ0) is 13.8. The first kappa shape index (κ1) is 13.4. The largest absolute Gasteiger partial charge is 0.508 e. The highest BCUT2D eigenvalue weighted by Gasteiger charge is 2.10. The zero-order valence-corrected chi connectivity index (χ0v) is 11.2. The number of benzene rings is 2. The van der Waals surface area contributed by atoms with Gasteiger partial charge in [-0.25, -0.2) is 0 Å². The fraction of sp³-hybridized carbons (Fsp3) is 0.133. The molecule has 3 nitrogen and oxygen atoms in total. The van der Waals surface area contributed by atoms with E-state index in [0.29, 0.717) is 17.1 Å². The highest BCUT2D eigenvalue weighted by atomic mass is 35.5. The Balaban J connectivity index is 2.23. The van der Waals surface area contributed by atoms with Crippen LogP contribution in [0.25, 0.3) is 0 Å². The van der Waals surface area contributed by atoms with Gasteiger partial charge >= 0.3 is 0 Å². The van der Waals surface area contributed by atoms with Crippen LogP contribution in [0.3, 0.4) is 0 Å². The van der Waals surface area contributed by atoms with Gasteiger partial charge in [0, 0.05) is 17.1 Å². The normalized spacial score (nSPS) is 10.2. The van der Waals surface area contributed by atoms with Gasteiger partial charge in [0.05, 0.1) is 0 Å². The number of aromatic hydroxyl groups is 1. The molecule has 98 valence electrons. The number of alkyl halides is 1. The molecule has 0 atom stereocenters. The van der Waals surface area contributed by atoms with Crippen molar-refractivity contribution in [3.63, 3.8) is 0 Å². The molecule has 0 spiro atoms. The van der Waals surface area contributed by atoms with Gasteiger partial charge in [-0.1, -0.05) is 24.3 Å². The van der Waals surface area contributed by atoms with E-state index < -0.39 is 0 Å². The lowest BCUT2D eigenvalue weighted by molar-refractivity contribution is 0.102. The van der Waals surface area contributed by atoms with Gasteiger partial charge in [0.2, 0.25) is 0 Å². The second-order valence-corrected chi connectivity index (χ2v) is 4.51. The van der Waals surface area contributed by atoms with Crippen LogP contribution in [0.15, 0.2) is 42.5 Å². The molecule has 0 radical (unpaired) electrons. The van der Waals surface area contributed by atoms with Crippen molar-refractivity contribution in [1.82, 2.24) is 0 Å². The molecule has 0 saturated heterocycles. The molecule has 0 unspecified atom stereocenters. The van der Waals surface area contributed by atoms with Gasteiger partial charge in [-0.05, 0) is 36.2 Å². The molecule has 0 aliphatic heterocycles. The van der Waals surface area contributed by atoms with Crippen molar-refractivity contribution >= 4 is 23.2 Å². The van der Waals surface area contributed by atoms with Gasteiger partial charge in [-0.3, -0.25) is 4.79 Å². The first-order chi connectivity index (χ1) is 9.11. The lowest BCUT2D eigenvalue weighted by Crippen LogP contribution is -2.13. The van der Waals surface area contributed by atoms with Crippen LogP contribution in [-0.4, -0.2) is 11.0 Å². The quantitative estimate of drug-likeness (QED) is 0.839. The summed E-state index contributed by atoms with van der Waals surface area (Å²) in [4.78, 5) is 12.1. The van der Waals surface area contributed by atoms with Crippen molar-refractivity contribution in [2.45, 2.75) is 12.8 Å². The summed E-state index contributed by atoms with van der Waals surface area (Å²) in [6, 6.07) is 12.2. The van der Waals surface area contributed by atoms with E-state index in [9.17, 15) is 9.90 Å². The molecule has 2 N–H and O–H groups in total. The molecule has 2 rings (SSSR count). The number of halogens is 1. The van der Waals surface area contributed by atoms with Crippen molar-refractivity contribution < 1.29 is 9.90 Å². The Kier molecular flexibility index (Phi) is 4.07. The van der Waals surface area contributed by atoms with Crippen LogP contribution < -0.4 is 5.32 Å². The summed E-state index contributed by atoms with van der Waals surface area (Å²) in [5.74, 6) is 0.168. The number of carbonyl (C=O) groups excluding carboxylic acids is 1. The van der Waals surface area contributed by atoms with Gasteiger partial charge in [-0.15, -0.1) is 11.6 Å². The fourth-order valence-corrected chi connectivity index (χ4v) is 1.94. The van der Waals surface area contributed by atoms with Gasteiger partial charge in [0.25, 0.3) is 5.91 Å². The van der Waals surface area contributed by atoms with Crippen molar-refractivity contribution in [3.05, 3.63) is 59.2 Å². The van der Waals surface area contributed by atoms with E-state index in [1.54, 1.807) is 25.1 Å². The molecule has 0 fully saturated rings. The number of hydrogen-bond acceptors (Lipinski definition) is 2. The van der Waals surface area contributed by atoms with Crippen LogP contribution >= 0.6 is 11.6 Å². The molecular weight excluding hydrogens is 262 g/mol. The second kappa shape index (κ2) is 5.76. The fourth-order valence-electron chi connectivity index (χ4n) is 1.70. The van der Waals surface area contributed by atoms with Crippen LogP contribution in [0.4, 0.5) is 5.69 Å². The predicted octanol–water partition coefficient (Wildman–Crippen LogP) is 3.69. The number of phenolic OH excluding ortho intramolecular Hbond substituents is 1. The molecule has 0 aromatic heterocycles. The maximum atomic E-state index is 12.1. The molecular formula is C15H14ClNO2. The molecule has 0 aliphatic rings. The van der Waals surface area contributed by atoms with E-state index in [0.717, 1.165) is 11.1 Å². The number of para-hydroxylation sites is 1. The van der Waals surface area contributed by atoms with Crippen LogP contribution in [-0.2, 0) is 5.88 Å². The third kappa shape index (κ3) is 3.06. The van der Waals surface area contributed by atoms with E-state index in [1.165, 1.54) is 6.07 Å². The molecule has 4 heteroatoms. The SMILES string of the molecule is Cc1ccc(C(=O)Nc2ccccc2CCl)cc1O. The topological polar surface area (TPSA) is 49.3 Å². The number of aryl methyl sites for hydroxylation is 1. The van der Waals surface area contributed by atoms with Crippen LogP contribution in [0, 0.1) is 6.92 Å². The number of nitrogens with one attached hydrogen (secondary N) is 1. The highest BCUT2D eigenvalue weighted by molar-refractivity contribution is 6.17. The second-order valence-electron chi connectivity index (χ2n) is 4.25. The summed E-state index contributed by atoms with van der Waals surface area (Å²) in [5.41, 5.74) is 2.68.